The van der Waals surface area contributed by atoms with Gasteiger partial charge in [-0.2, -0.15) is 0 Å². The molecule has 4 aromatic carbocycles. The van der Waals surface area contributed by atoms with Crippen LogP contribution in [0.3, 0.4) is 0 Å². The Hall–Kier alpha value is -4.48. The van der Waals surface area contributed by atoms with Crippen LogP contribution in [0.2, 0.25) is 0 Å². The maximum absolute atomic E-state index is 13.2. The van der Waals surface area contributed by atoms with Gasteiger partial charge in [0.15, 0.2) is 6.29 Å². The summed E-state index contributed by atoms with van der Waals surface area (Å²) in [7, 11) is 0. The first-order valence-electron chi connectivity index (χ1n) is 15.5. The second-order valence-electron chi connectivity index (χ2n) is 11.6. The van der Waals surface area contributed by atoms with Crippen molar-refractivity contribution >= 4 is 35.4 Å². The highest BCUT2D eigenvalue weighted by molar-refractivity contribution is 7.99. The zero-order chi connectivity index (χ0) is 32.8. The molecule has 4 aromatic rings. The van der Waals surface area contributed by atoms with Gasteiger partial charge in [0.1, 0.15) is 12.6 Å². The fourth-order valence-electron chi connectivity index (χ4n) is 5.71. The number of nitrogens with one attached hydrogen (secondary N) is 1. The molecule has 0 aliphatic carbocycles. The van der Waals surface area contributed by atoms with E-state index in [1.807, 2.05) is 72.8 Å². The number of anilines is 1. The number of carbonyl (C=O) groups excluding carboxylic acids is 3. The smallest absolute Gasteiger partial charge is 0.408 e. The van der Waals surface area contributed by atoms with E-state index in [4.69, 9.17) is 14.2 Å². The Morgan fingerprint density at radius 3 is 2.21 bits per heavy atom. The van der Waals surface area contributed by atoms with Crippen molar-refractivity contribution in [1.29, 1.82) is 0 Å². The van der Waals surface area contributed by atoms with Gasteiger partial charge in [-0.15, -0.1) is 11.8 Å². The maximum Gasteiger partial charge on any atom is 0.408 e. The van der Waals surface area contributed by atoms with E-state index in [1.54, 1.807) is 36.0 Å². The standard InChI is InChI=1S/C37H36N2O7S/c1-24-32(23-47-30-10-6-3-7-11-30)45-36(46-34(24)27-14-12-25(21-40)13-15-27)28-16-18-29(19-17-28)39-33(41)20-31(35(39)42)38-37(43)44-22-26-8-4-2-5-9-26/h2-19,24,31-32,34,36,40H,20-23H2,1H3,(H,38,43)/t24-,31?,32+,34+,36+/m0/s1. The third-order valence-corrected chi connectivity index (χ3v) is 9.46. The summed E-state index contributed by atoms with van der Waals surface area (Å²) in [6, 6.07) is 33.0. The average molecular weight is 653 g/mol. The SMILES string of the molecule is C[C@H]1[C@@H](CSc2ccccc2)O[C@@H](c2ccc(N3C(=O)CC(NC(=O)OCc4ccccc4)C3=O)cc2)O[C@H]1c1ccc(CO)cc1. The molecular weight excluding hydrogens is 616 g/mol. The topological polar surface area (TPSA) is 114 Å². The van der Waals surface area contributed by atoms with E-state index in [0.717, 1.165) is 32.0 Å². The molecule has 2 saturated heterocycles. The molecule has 10 heteroatoms. The number of alkyl carbamates (subject to hydrolysis) is 1. The van der Waals surface area contributed by atoms with Crippen molar-refractivity contribution in [3.8, 4) is 0 Å². The van der Waals surface area contributed by atoms with E-state index in [1.165, 1.54) is 0 Å². The first-order valence-corrected chi connectivity index (χ1v) is 16.5. The maximum atomic E-state index is 13.2. The Morgan fingerprint density at radius 1 is 0.872 bits per heavy atom. The summed E-state index contributed by atoms with van der Waals surface area (Å²) in [6.07, 6.45) is -2.03. The summed E-state index contributed by atoms with van der Waals surface area (Å²) in [5, 5.41) is 12.0. The number of carbonyl (C=O) groups is 3. The molecule has 0 spiro atoms. The number of aliphatic hydroxyl groups is 1. The number of rotatable bonds is 10. The molecule has 2 heterocycles. The number of aliphatic hydroxyl groups excluding tert-OH is 1. The lowest BCUT2D eigenvalue weighted by molar-refractivity contribution is -0.268. The van der Waals surface area contributed by atoms with Crippen molar-refractivity contribution in [1.82, 2.24) is 5.32 Å². The Morgan fingerprint density at radius 2 is 1.53 bits per heavy atom. The molecule has 6 rings (SSSR count). The van der Waals surface area contributed by atoms with Crippen LogP contribution in [0.5, 0.6) is 0 Å². The number of imide groups is 1. The molecule has 2 fully saturated rings. The normalized spacial score (nSPS) is 22.7. The van der Waals surface area contributed by atoms with Crippen LogP contribution >= 0.6 is 11.8 Å². The molecule has 2 aliphatic rings. The number of hydrogen-bond donors (Lipinski definition) is 2. The molecule has 3 amide bonds. The van der Waals surface area contributed by atoms with Crippen LogP contribution in [0.1, 0.15) is 48.0 Å². The summed E-state index contributed by atoms with van der Waals surface area (Å²) < 4.78 is 18.3. The van der Waals surface area contributed by atoms with Crippen LogP contribution < -0.4 is 10.2 Å². The Balaban J connectivity index is 1.14. The molecule has 1 unspecified atom stereocenters. The van der Waals surface area contributed by atoms with Crippen LogP contribution in [-0.4, -0.2) is 40.9 Å². The van der Waals surface area contributed by atoms with E-state index in [9.17, 15) is 19.5 Å². The molecule has 5 atom stereocenters. The Labute approximate surface area is 277 Å². The number of hydrogen-bond acceptors (Lipinski definition) is 8. The number of nitrogens with zero attached hydrogens (tertiary/aromatic N) is 1. The van der Waals surface area contributed by atoms with Gasteiger partial charge >= 0.3 is 6.09 Å². The molecule has 0 radical (unpaired) electrons. The lowest BCUT2D eigenvalue weighted by atomic mass is 9.91. The number of ether oxygens (including phenoxy) is 3. The van der Waals surface area contributed by atoms with Gasteiger partial charge in [-0.25, -0.2) is 9.69 Å². The first kappa shape index (κ1) is 32.5. The van der Waals surface area contributed by atoms with E-state index < -0.39 is 30.2 Å². The monoisotopic (exact) mass is 652 g/mol. The predicted molar refractivity (Wildman–Crippen MR) is 177 cm³/mol. The van der Waals surface area contributed by atoms with Crippen molar-refractivity contribution in [2.75, 3.05) is 10.7 Å². The van der Waals surface area contributed by atoms with E-state index in [2.05, 4.69) is 24.4 Å². The van der Waals surface area contributed by atoms with Crippen LogP contribution in [0.4, 0.5) is 10.5 Å². The second kappa shape index (κ2) is 15.0. The molecular formula is C37H36N2O7S. The summed E-state index contributed by atoms with van der Waals surface area (Å²) in [5.74, 6) is -0.194. The molecule has 0 saturated carbocycles. The Bertz CT molecular complexity index is 1670. The molecule has 242 valence electrons. The lowest BCUT2D eigenvalue weighted by Crippen LogP contribution is -2.42. The van der Waals surface area contributed by atoms with Crippen molar-refractivity contribution < 1.29 is 33.7 Å². The summed E-state index contributed by atoms with van der Waals surface area (Å²) >= 11 is 1.72. The van der Waals surface area contributed by atoms with Gasteiger partial charge in [0.05, 0.1) is 30.9 Å². The second-order valence-corrected chi connectivity index (χ2v) is 12.7. The van der Waals surface area contributed by atoms with E-state index in [0.29, 0.717) is 11.4 Å². The highest BCUT2D eigenvalue weighted by Crippen LogP contribution is 2.43. The van der Waals surface area contributed by atoms with Crippen molar-refractivity contribution in [2.45, 2.75) is 56.0 Å². The van der Waals surface area contributed by atoms with Gasteiger partial charge < -0.3 is 24.6 Å². The zero-order valence-corrected chi connectivity index (χ0v) is 26.7. The third kappa shape index (κ3) is 7.74. The lowest BCUT2D eigenvalue weighted by Gasteiger charge is -2.41. The van der Waals surface area contributed by atoms with Crippen molar-refractivity contribution in [2.24, 2.45) is 5.92 Å². The summed E-state index contributed by atoms with van der Waals surface area (Å²) in [6.45, 7) is 2.14. The summed E-state index contributed by atoms with van der Waals surface area (Å²) in [5.41, 5.74) is 3.76. The summed E-state index contributed by atoms with van der Waals surface area (Å²) in [4.78, 5) is 40.7. The van der Waals surface area contributed by atoms with Crippen LogP contribution in [0, 0.1) is 5.92 Å². The van der Waals surface area contributed by atoms with Gasteiger partial charge in [0.25, 0.3) is 5.91 Å². The van der Waals surface area contributed by atoms with Gasteiger partial charge in [-0.3, -0.25) is 9.59 Å². The molecule has 2 N–H and O–H groups in total. The van der Waals surface area contributed by atoms with E-state index >= 15 is 0 Å². The van der Waals surface area contributed by atoms with Gasteiger partial charge in [-0.1, -0.05) is 91.9 Å². The minimum Gasteiger partial charge on any atom is -0.445 e. The minimum atomic E-state index is -1.02. The minimum absolute atomic E-state index is 0.0328. The molecule has 47 heavy (non-hydrogen) atoms. The van der Waals surface area contributed by atoms with Crippen LogP contribution in [0.25, 0.3) is 0 Å². The van der Waals surface area contributed by atoms with Gasteiger partial charge in [0.2, 0.25) is 5.91 Å². The fraction of sp³-hybridized carbons (Fsp3) is 0.270. The predicted octanol–water partition coefficient (Wildman–Crippen LogP) is 6.32. The molecule has 2 aliphatic heterocycles. The van der Waals surface area contributed by atoms with Gasteiger partial charge in [-0.05, 0) is 41.0 Å². The molecule has 0 bridgehead atoms. The molecule has 0 aromatic heterocycles. The van der Waals surface area contributed by atoms with Crippen LogP contribution in [-0.2, 0) is 37.0 Å². The largest absolute Gasteiger partial charge is 0.445 e. The number of amides is 3. The highest BCUT2D eigenvalue weighted by Gasteiger charge is 2.41. The van der Waals surface area contributed by atoms with Crippen molar-refractivity contribution in [3.63, 3.8) is 0 Å². The fourth-order valence-corrected chi connectivity index (χ4v) is 6.80. The first-order chi connectivity index (χ1) is 22.9. The average Bonchev–Trinajstić information content (AvgIpc) is 3.39. The van der Waals surface area contributed by atoms with Gasteiger partial charge in [0, 0.05) is 22.1 Å². The number of benzene rings is 4. The van der Waals surface area contributed by atoms with E-state index in [-0.39, 0.29) is 37.8 Å². The Kier molecular flexibility index (Phi) is 10.3. The third-order valence-electron chi connectivity index (χ3n) is 8.36. The van der Waals surface area contributed by atoms with Crippen LogP contribution in [0.15, 0.2) is 114 Å². The van der Waals surface area contributed by atoms with Crippen molar-refractivity contribution in [3.05, 3.63) is 131 Å². The highest BCUT2D eigenvalue weighted by atomic mass is 32.2. The number of thioether (sulfide) groups is 1. The quantitative estimate of drug-likeness (QED) is 0.151. The molecule has 9 nitrogen and oxygen atoms in total. The zero-order valence-electron chi connectivity index (χ0n) is 25.9.